The lowest BCUT2D eigenvalue weighted by Crippen LogP contribution is -2.10. The Hall–Kier alpha value is -0.0800. The quantitative estimate of drug-likeness (QED) is 0.819. The minimum atomic E-state index is -2.22. The van der Waals surface area contributed by atoms with E-state index in [1.807, 2.05) is 6.07 Å². The largest absolute Gasteiger partial charge is 0.326 e. The number of pyridine rings is 1. The van der Waals surface area contributed by atoms with Crippen molar-refractivity contribution in [3.8, 4) is 0 Å². The first-order valence-corrected chi connectivity index (χ1v) is 6.34. The van der Waals surface area contributed by atoms with Crippen LogP contribution in [-0.4, -0.2) is 18.3 Å². The van der Waals surface area contributed by atoms with E-state index in [2.05, 4.69) is 4.98 Å². The highest BCUT2D eigenvalue weighted by atomic mass is 35.5. The van der Waals surface area contributed by atoms with Crippen molar-refractivity contribution in [2.75, 3.05) is 13.3 Å². The summed E-state index contributed by atoms with van der Waals surface area (Å²) in [6, 6.07) is 3.64. The molecule has 0 fully saturated rings. The Morgan fingerprint density at radius 3 is 2.43 bits per heavy atom. The van der Waals surface area contributed by atoms with E-state index in [-0.39, 0.29) is 24.8 Å². The van der Waals surface area contributed by atoms with Crippen molar-refractivity contribution in [1.82, 2.24) is 4.98 Å². The van der Waals surface area contributed by atoms with Gasteiger partial charge in [0.15, 0.2) is 0 Å². The molecule has 0 spiro atoms. The van der Waals surface area contributed by atoms with Gasteiger partial charge in [-0.05, 0) is 31.0 Å². The van der Waals surface area contributed by atoms with Gasteiger partial charge >= 0.3 is 0 Å². The summed E-state index contributed by atoms with van der Waals surface area (Å²) >= 11 is 0. The highest BCUT2D eigenvalue weighted by Crippen LogP contribution is 2.33. The summed E-state index contributed by atoms with van der Waals surface area (Å²) in [6.07, 6.45) is 1.65. The fourth-order valence-corrected chi connectivity index (χ4v) is 1.70. The fraction of sp³-hybridized carbons (Fsp3) is 0.375. The second-order valence-corrected chi connectivity index (χ2v) is 6.24. The van der Waals surface area contributed by atoms with Gasteiger partial charge in [-0.2, -0.15) is 0 Å². The lowest BCUT2D eigenvalue weighted by atomic mass is 10.3. The predicted octanol–water partition coefficient (Wildman–Crippen LogP) is 1.63. The van der Waals surface area contributed by atoms with Gasteiger partial charge in [0.1, 0.15) is 7.14 Å². The van der Waals surface area contributed by atoms with Crippen molar-refractivity contribution in [1.29, 1.82) is 0 Å². The van der Waals surface area contributed by atoms with Crippen LogP contribution in [-0.2, 0) is 11.1 Å². The summed E-state index contributed by atoms with van der Waals surface area (Å²) in [5, 5.41) is 0. The van der Waals surface area contributed by atoms with Gasteiger partial charge in [0, 0.05) is 12.7 Å². The number of hydrogen-bond donors (Lipinski definition) is 1. The molecule has 0 aliphatic carbocycles. The Morgan fingerprint density at radius 2 is 2.00 bits per heavy atom. The van der Waals surface area contributed by atoms with Crippen LogP contribution in [0, 0.1) is 0 Å². The molecule has 3 nitrogen and oxygen atoms in total. The Labute approximate surface area is 96.7 Å². The van der Waals surface area contributed by atoms with Gasteiger partial charge in [-0.15, -0.1) is 24.8 Å². The molecule has 0 radical (unpaired) electrons. The van der Waals surface area contributed by atoms with Crippen LogP contribution in [0.3, 0.4) is 0 Å². The predicted molar refractivity (Wildman–Crippen MR) is 65.7 cm³/mol. The first-order valence-electron chi connectivity index (χ1n) is 3.74. The number of halogens is 2. The molecular weight excluding hydrogens is 242 g/mol. The summed E-state index contributed by atoms with van der Waals surface area (Å²) in [5.74, 6) is 0. The summed E-state index contributed by atoms with van der Waals surface area (Å²) in [4.78, 5) is 4.04. The summed E-state index contributed by atoms with van der Waals surface area (Å²) in [7, 11) is -2.22. The molecule has 0 aliphatic rings. The highest BCUT2D eigenvalue weighted by molar-refractivity contribution is 7.69. The molecule has 14 heavy (non-hydrogen) atoms. The molecule has 2 N–H and O–H groups in total. The van der Waals surface area contributed by atoms with Gasteiger partial charge < -0.3 is 10.3 Å². The van der Waals surface area contributed by atoms with Crippen LogP contribution in [0.2, 0.25) is 0 Å². The monoisotopic (exact) mass is 256 g/mol. The van der Waals surface area contributed by atoms with Crippen LogP contribution in [0.5, 0.6) is 0 Å². The molecule has 0 unspecified atom stereocenters. The first kappa shape index (κ1) is 16.4. The van der Waals surface area contributed by atoms with Gasteiger partial charge in [-0.25, -0.2) is 0 Å². The summed E-state index contributed by atoms with van der Waals surface area (Å²) in [6.45, 7) is 3.88. The molecule has 0 bridgehead atoms. The Kier molecular flexibility index (Phi) is 7.49. The van der Waals surface area contributed by atoms with Crippen LogP contribution < -0.4 is 11.2 Å². The Morgan fingerprint density at radius 1 is 1.43 bits per heavy atom. The van der Waals surface area contributed by atoms with Gasteiger partial charge in [0.05, 0.1) is 5.44 Å². The van der Waals surface area contributed by atoms with Crippen molar-refractivity contribution in [2.24, 2.45) is 5.73 Å². The Balaban J connectivity index is 0. The van der Waals surface area contributed by atoms with E-state index in [9.17, 15) is 4.57 Å². The van der Waals surface area contributed by atoms with Crippen LogP contribution in [0.15, 0.2) is 18.3 Å². The van der Waals surface area contributed by atoms with Gasteiger partial charge in [-0.3, -0.25) is 4.98 Å². The van der Waals surface area contributed by atoms with E-state index in [0.29, 0.717) is 12.0 Å². The zero-order valence-corrected chi connectivity index (χ0v) is 10.7. The molecule has 0 atom stereocenters. The van der Waals surface area contributed by atoms with E-state index in [1.165, 1.54) is 0 Å². The van der Waals surface area contributed by atoms with Gasteiger partial charge in [0.2, 0.25) is 0 Å². The third-order valence-corrected chi connectivity index (χ3v) is 2.95. The normalized spacial score (nSPS) is 9.93. The maximum Gasteiger partial charge on any atom is 0.127 e. The maximum absolute atomic E-state index is 11.6. The third-order valence-electron chi connectivity index (χ3n) is 1.60. The maximum atomic E-state index is 11.6. The molecule has 1 aromatic heterocycles. The van der Waals surface area contributed by atoms with E-state index in [0.717, 1.165) is 5.56 Å². The average Bonchev–Trinajstić information content (AvgIpc) is 2.03. The molecule has 1 aromatic rings. The zero-order valence-electron chi connectivity index (χ0n) is 8.14. The average molecular weight is 257 g/mol. The molecule has 82 valence electrons. The standard InChI is InChI=1S/C8H13N2OP.2ClH/c1-12(2,11)8-5-7(6-9)3-4-10-8;;/h3-5H,6,9H2,1-2H3;2*1H. The molecule has 0 aromatic carbocycles. The minimum Gasteiger partial charge on any atom is -0.326 e. The topological polar surface area (TPSA) is 56.0 Å². The summed E-state index contributed by atoms with van der Waals surface area (Å²) in [5.41, 5.74) is 7.08. The molecular formula is C8H15Cl2N2OP. The van der Waals surface area contributed by atoms with Crippen molar-refractivity contribution in [2.45, 2.75) is 6.54 Å². The number of hydrogen-bond acceptors (Lipinski definition) is 3. The highest BCUT2D eigenvalue weighted by Gasteiger charge is 2.12. The van der Waals surface area contributed by atoms with Crippen molar-refractivity contribution in [3.05, 3.63) is 23.9 Å². The van der Waals surface area contributed by atoms with E-state index >= 15 is 0 Å². The Bertz CT molecular complexity index is 327. The van der Waals surface area contributed by atoms with E-state index in [4.69, 9.17) is 5.73 Å². The van der Waals surface area contributed by atoms with Gasteiger partial charge in [0.25, 0.3) is 0 Å². The SMILES string of the molecule is CP(C)(=O)c1cc(CN)ccn1.Cl.Cl. The van der Waals surface area contributed by atoms with E-state index < -0.39 is 7.14 Å². The smallest absolute Gasteiger partial charge is 0.127 e. The minimum absolute atomic E-state index is 0. The molecule has 1 heterocycles. The molecule has 6 heteroatoms. The molecule has 0 amide bonds. The molecule has 0 saturated heterocycles. The second-order valence-electron chi connectivity index (χ2n) is 3.08. The number of nitrogens with zero attached hydrogens (tertiary/aromatic N) is 1. The van der Waals surface area contributed by atoms with Crippen LogP contribution >= 0.6 is 32.0 Å². The lowest BCUT2D eigenvalue weighted by Gasteiger charge is -2.06. The van der Waals surface area contributed by atoms with Crippen molar-refractivity contribution in [3.63, 3.8) is 0 Å². The van der Waals surface area contributed by atoms with Gasteiger partial charge in [-0.1, -0.05) is 0 Å². The fourth-order valence-electron chi connectivity index (χ4n) is 0.882. The first-order chi connectivity index (χ1) is 5.54. The van der Waals surface area contributed by atoms with Crippen molar-refractivity contribution < 1.29 is 4.57 Å². The lowest BCUT2D eigenvalue weighted by molar-refractivity contribution is 0.587. The zero-order chi connectivity index (χ0) is 9.19. The number of aromatic nitrogens is 1. The summed E-state index contributed by atoms with van der Waals surface area (Å²) < 4.78 is 11.6. The second kappa shape index (κ2) is 6.41. The van der Waals surface area contributed by atoms with E-state index in [1.54, 1.807) is 25.6 Å². The molecule has 1 rings (SSSR count). The van der Waals surface area contributed by atoms with Crippen LogP contribution in [0.25, 0.3) is 0 Å². The van der Waals surface area contributed by atoms with Crippen LogP contribution in [0.4, 0.5) is 0 Å². The molecule has 0 aliphatic heterocycles. The number of rotatable bonds is 2. The molecule has 0 saturated carbocycles. The van der Waals surface area contributed by atoms with Crippen LogP contribution in [0.1, 0.15) is 5.56 Å². The number of nitrogens with two attached hydrogens (primary N) is 1. The van der Waals surface area contributed by atoms with Crippen molar-refractivity contribution >= 4 is 37.4 Å². The third kappa shape index (κ3) is 4.43.